The van der Waals surface area contributed by atoms with Gasteiger partial charge in [-0.3, -0.25) is 4.21 Å². The molecule has 5 rings (SSSR count). The molecule has 2 fully saturated rings. The summed E-state index contributed by atoms with van der Waals surface area (Å²) in [6.07, 6.45) is 5.65. The topological polar surface area (TPSA) is 81.6 Å². The van der Waals surface area contributed by atoms with Gasteiger partial charge in [0.15, 0.2) is 0 Å². The number of halogens is 1. The number of rotatable bonds is 5. The largest absolute Gasteiger partial charge is 0.394 e. The first-order chi connectivity index (χ1) is 15.6. The molecule has 2 aliphatic heterocycles. The summed E-state index contributed by atoms with van der Waals surface area (Å²) in [6, 6.07) is 7.96. The number of aliphatic hydroxyl groups is 1. The zero-order chi connectivity index (χ0) is 22.1. The first-order valence-corrected chi connectivity index (χ1v) is 13.2. The molecule has 1 saturated heterocycles. The molecule has 172 valence electrons. The van der Waals surface area contributed by atoms with E-state index in [2.05, 4.69) is 27.2 Å². The van der Waals surface area contributed by atoms with Crippen LogP contribution in [0, 0.1) is 0 Å². The van der Waals surface area contributed by atoms with Gasteiger partial charge in [0.25, 0.3) is 0 Å². The van der Waals surface area contributed by atoms with Gasteiger partial charge in [-0.2, -0.15) is 4.98 Å². The lowest BCUT2D eigenvalue weighted by Gasteiger charge is -2.42. The minimum absolute atomic E-state index is 0.0630. The van der Waals surface area contributed by atoms with E-state index in [1.165, 1.54) is 5.69 Å². The van der Waals surface area contributed by atoms with Gasteiger partial charge in [0.2, 0.25) is 5.95 Å². The van der Waals surface area contributed by atoms with Crippen molar-refractivity contribution in [3.05, 3.63) is 35.0 Å². The first kappa shape index (κ1) is 21.9. The zero-order valence-corrected chi connectivity index (χ0v) is 19.8. The molecule has 3 aliphatic rings. The molecular formula is C23H30ClN5O2S. The van der Waals surface area contributed by atoms with Crippen LogP contribution in [0.15, 0.2) is 29.2 Å². The van der Waals surface area contributed by atoms with Crippen LogP contribution in [-0.4, -0.2) is 63.4 Å². The van der Waals surface area contributed by atoms with Crippen LogP contribution in [0.3, 0.4) is 0 Å². The van der Waals surface area contributed by atoms with Gasteiger partial charge < -0.3 is 20.2 Å². The van der Waals surface area contributed by atoms with Crippen molar-refractivity contribution < 1.29 is 9.32 Å². The van der Waals surface area contributed by atoms with Crippen LogP contribution in [0.4, 0.5) is 17.5 Å². The molecule has 1 aromatic carbocycles. The van der Waals surface area contributed by atoms with Crippen LogP contribution in [-0.2, 0) is 17.2 Å². The lowest BCUT2D eigenvalue weighted by molar-refractivity contribution is 0.143. The predicted octanol–water partition coefficient (Wildman–Crippen LogP) is 3.23. The van der Waals surface area contributed by atoms with Crippen molar-refractivity contribution in [1.82, 2.24) is 9.97 Å². The number of anilines is 3. The molecule has 9 heteroatoms. The molecule has 0 radical (unpaired) electrons. The standard InChI is InChI=1S/C23H30ClN5O2S/c24-17-5-7-18(8-6-17)28-11-13-29(14-12-28)22-25-19-4-1-2-15-32(31)20(19)21(26-22)27-23(16-30)9-3-10-23/h5-8,30H,1-4,9-16H2,(H,25,26,27)/t32-/m1/s1. The molecule has 3 heterocycles. The van der Waals surface area contributed by atoms with Crippen molar-refractivity contribution in [2.75, 3.05) is 53.7 Å². The molecule has 0 bridgehead atoms. The molecule has 1 aliphatic carbocycles. The Bertz CT molecular complexity index is 985. The molecule has 7 nitrogen and oxygen atoms in total. The second-order valence-electron chi connectivity index (χ2n) is 9.02. The van der Waals surface area contributed by atoms with Crippen LogP contribution in [0.2, 0.25) is 5.02 Å². The van der Waals surface area contributed by atoms with Crippen molar-refractivity contribution in [3.8, 4) is 0 Å². The van der Waals surface area contributed by atoms with Crippen LogP contribution < -0.4 is 15.1 Å². The fourth-order valence-corrected chi connectivity index (χ4v) is 6.26. The average Bonchev–Trinajstić information content (AvgIpc) is 2.98. The number of aromatic nitrogens is 2. The average molecular weight is 476 g/mol. The van der Waals surface area contributed by atoms with E-state index in [9.17, 15) is 9.32 Å². The third-order valence-corrected chi connectivity index (χ3v) is 8.69. The summed E-state index contributed by atoms with van der Waals surface area (Å²) in [5.41, 5.74) is 1.73. The van der Waals surface area contributed by atoms with Gasteiger partial charge in [-0.25, -0.2) is 4.98 Å². The zero-order valence-electron chi connectivity index (χ0n) is 18.2. The minimum atomic E-state index is -1.11. The van der Waals surface area contributed by atoms with Gasteiger partial charge in [-0.15, -0.1) is 0 Å². The highest BCUT2D eigenvalue weighted by Gasteiger charge is 2.38. The van der Waals surface area contributed by atoms with E-state index in [-0.39, 0.29) is 12.1 Å². The Balaban J connectivity index is 1.40. The highest BCUT2D eigenvalue weighted by atomic mass is 35.5. The van der Waals surface area contributed by atoms with E-state index < -0.39 is 10.8 Å². The predicted molar refractivity (Wildman–Crippen MR) is 129 cm³/mol. The van der Waals surface area contributed by atoms with Crippen molar-refractivity contribution in [2.45, 2.75) is 49.0 Å². The van der Waals surface area contributed by atoms with Crippen molar-refractivity contribution in [3.63, 3.8) is 0 Å². The number of hydrogen-bond donors (Lipinski definition) is 2. The Morgan fingerprint density at radius 1 is 1.03 bits per heavy atom. The van der Waals surface area contributed by atoms with Crippen LogP contribution >= 0.6 is 11.6 Å². The van der Waals surface area contributed by atoms with Gasteiger partial charge >= 0.3 is 0 Å². The van der Waals surface area contributed by atoms with Crippen molar-refractivity contribution >= 4 is 39.9 Å². The minimum Gasteiger partial charge on any atom is -0.394 e. The molecule has 2 aromatic rings. The normalized spacial score (nSPS) is 22.6. The van der Waals surface area contributed by atoms with E-state index in [0.717, 1.165) is 80.3 Å². The fraction of sp³-hybridized carbons (Fsp3) is 0.565. The van der Waals surface area contributed by atoms with E-state index >= 15 is 0 Å². The molecule has 0 spiro atoms. The Kier molecular flexibility index (Phi) is 6.27. The van der Waals surface area contributed by atoms with Crippen molar-refractivity contribution in [1.29, 1.82) is 0 Å². The lowest BCUT2D eigenvalue weighted by atomic mass is 9.77. The smallest absolute Gasteiger partial charge is 0.227 e. The fourth-order valence-electron chi connectivity index (χ4n) is 4.74. The first-order valence-electron chi connectivity index (χ1n) is 11.5. The molecule has 2 N–H and O–H groups in total. The number of nitrogens with zero attached hydrogens (tertiary/aromatic N) is 4. The van der Waals surface area contributed by atoms with Gasteiger partial charge in [0.1, 0.15) is 10.7 Å². The SMILES string of the molecule is O=[S@@]1CCCCc2nc(N3CCN(c4ccc(Cl)cc4)CC3)nc(NC3(CO)CCC3)c21. The number of aryl methyl sites for hydroxylation is 1. The highest BCUT2D eigenvalue weighted by molar-refractivity contribution is 7.85. The maximum absolute atomic E-state index is 13.0. The van der Waals surface area contributed by atoms with Crippen molar-refractivity contribution in [2.24, 2.45) is 0 Å². The van der Waals surface area contributed by atoms with Crippen LogP contribution in [0.1, 0.15) is 37.8 Å². The summed E-state index contributed by atoms with van der Waals surface area (Å²) in [7, 11) is -1.11. The van der Waals surface area contributed by atoms with Gasteiger partial charge in [-0.1, -0.05) is 11.6 Å². The number of aliphatic hydroxyl groups excluding tert-OH is 1. The quantitative estimate of drug-likeness (QED) is 0.687. The maximum Gasteiger partial charge on any atom is 0.227 e. The third kappa shape index (κ3) is 4.32. The summed E-state index contributed by atoms with van der Waals surface area (Å²) in [4.78, 5) is 15.1. The maximum atomic E-state index is 13.0. The summed E-state index contributed by atoms with van der Waals surface area (Å²) in [5, 5.41) is 14.2. The molecule has 1 atom stereocenters. The van der Waals surface area contributed by atoms with E-state index in [0.29, 0.717) is 17.5 Å². The lowest BCUT2D eigenvalue weighted by Crippen LogP contribution is -2.49. The molecular weight excluding hydrogens is 446 g/mol. The molecule has 0 amide bonds. The molecule has 0 unspecified atom stereocenters. The van der Waals surface area contributed by atoms with Crippen LogP contribution in [0.5, 0.6) is 0 Å². The second kappa shape index (κ2) is 9.15. The van der Waals surface area contributed by atoms with E-state index in [1.54, 1.807) is 0 Å². The summed E-state index contributed by atoms with van der Waals surface area (Å²) < 4.78 is 13.0. The van der Waals surface area contributed by atoms with E-state index in [4.69, 9.17) is 21.6 Å². The molecule has 1 saturated carbocycles. The monoisotopic (exact) mass is 475 g/mol. The summed E-state index contributed by atoms with van der Waals surface area (Å²) in [5.74, 6) is 2.02. The second-order valence-corrected chi connectivity index (χ2v) is 11.0. The Morgan fingerprint density at radius 3 is 2.41 bits per heavy atom. The number of piperazine rings is 1. The summed E-state index contributed by atoms with van der Waals surface area (Å²) in [6.45, 7) is 3.44. The molecule has 32 heavy (non-hydrogen) atoms. The third-order valence-electron chi connectivity index (χ3n) is 6.90. The number of benzene rings is 1. The van der Waals surface area contributed by atoms with Crippen LogP contribution in [0.25, 0.3) is 0 Å². The molecule has 1 aromatic heterocycles. The number of fused-ring (bicyclic) bond motifs is 1. The van der Waals surface area contributed by atoms with E-state index in [1.807, 2.05) is 12.1 Å². The summed E-state index contributed by atoms with van der Waals surface area (Å²) >= 11 is 6.03. The number of hydrogen-bond acceptors (Lipinski definition) is 7. The Morgan fingerprint density at radius 2 is 1.75 bits per heavy atom. The van der Waals surface area contributed by atoms with Gasteiger partial charge in [-0.05, 0) is 62.8 Å². The Hall–Kier alpha value is -1.90. The van der Waals surface area contributed by atoms with Gasteiger partial charge in [0, 0.05) is 42.6 Å². The Labute approximate surface area is 196 Å². The highest BCUT2D eigenvalue weighted by Crippen LogP contribution is 2.38. The number of nitrogens with one attached hydrogen (secondary N) is 1. The van der Waals surface area contributed by atoms with Gasteiger partial charge in [0.05, 0.1) is 28.6 Å².